The molecule has 1 aliphatic rings. The van der Waals surface area contributed by atoms with E-state index in [1.807, 2.05) is 12.1 Å². The Kier molecular flexibility index (Phi) is 8.11. The molecule has 0 unspecified atom stereocenters. The fourth-order valence-corrected chi connectivity index (χ4v) is 10.0. The van der Waals surface area contributed by atoms with Crippen molar-refractivity contribution >= 4 is 49.8 Å². The number of furan rings is 1. The van der Waals surface area contributed by atoms with E-state index in [9.17, 15) is 0 Å². The molecule has 0 N–H and O–H groups in total. The fraction of sp³-hybridized carbons (Fsp3) is 0.0169. The van der Waals surface area contributed by atoms with Crippen LogP contribution in [0.5, 0.6) is 0 Å². The first-order valence-electron chi connectivity index (χ1n) is 21.0. The first-order chi connectivity index (χ1) is 30.2. The van der Waals surface area contributed by atoms with E-state index in [0.717, 1.165) is 44.6 Å². The van der Waals surface area contributed by atoms with E-state index in [0.29, 0.717) is 0 Å². The number of hydrogen-bond acceptors (Lipinski definition) is 2. The molecule has 0 saturated heterocycles. The molecule has 0 fully saturated rings. The molecule has 0 aliphatic heterocycles. The molecule has 0 atom stereocenters. The number of para-hydroxylation sites is 1. The Morgan fingerprint density at radius 3 is 1.70 bits per heavy atom. The highest BCUT2D eigenvalue weighted by molar-refractivity contribution is 6.06. The first-order valence-corrected chi connectivity index (χ1v) is 21.0. The van der Waals surface area contributed by atoms with Crippen LogP contribution in [0.2, 0.25) is 0 Å². The predicted octanol–water partition coefficient (Wildman–Crippen LogP) is 15.9. The van der Waals surface area contributed by atoms with E-state index in [1.54, 1.807) is 0 Å². The van der Waals surface area contributed by atoms with Gasteiger partial charge in [0.1, 0.15) is 11.2 Å². The molecule has 10 aromatic carbocycles. The SMILES string of the molecule is c1ccc(C2(c3ccccc3)c3ccccc3-c3ccc(N(c4ccc(-c5cccc(-c6cccc7ccccc67)c5)cc4)c4ccc5c(c4)oc4ccccc45)cc32)cc1. The summed E-state index contributed by atoms with van der Waals surface area (Å²) >= 11 is 0. The lowest BCUT2D eigenvalue weighted by atomic mass is 9.67. The minimum atomic E-state index is -0.516. The van der Waals surface area contributed by atoms with Crippen LogP contribution in [-0.4, -0.2) is 0 Å². The van der Waals surface area contributed by atoms with E-state index in [-0.39, 0.29) is 0 Å². The number of hydrogen-bond donors (Lipinski definition) is 0. The van der Waals surface area contributed by atoms with Gasteiger partial charge >= 0.3 is 0 Å². The third-order valence-corrected chi connectivity index (χ3v) is 12.7. The first kappa shape index (κ1) is 35.0. The van der Waals surface area contributed by atoms with E-state index >= 15 is 0 Å². The van der Waals surface area contributed by atoms with Crippen LogP contribution in [0.15, 0.2) is 241 Å². The summed E-state index contributed by atoms with van der Waals surface area (Å²) in [4.78, 5) is 2.38. The van der Waals surface area contributed by atoms with Crippen molar-refractivity contribution in [3.05, 3.63) is 259 Å². The van der Waals surface area contributed by atoms with Crippen molar-refractivity contribution in [1.29, 1.82) is 0 Å². The quantitative estimate of drug-likeness (QED) is 0.160. The van der Waals surface area contributed by atoms with E-state index in [1.165, 1.54) is 60.8 Å². The highest BCUT2D eigenvalue weighted by atomic mass is 16.3. The van der Waals surface area contributed by atoms with Crippen LogP contribution in [0.1, 0.15) is 22.3 Å². The monoisotopic (exact) mass is 777 g/mol. The standard InChI is InChI=1S/C59H39NO/c1-3-19-44(20-4-1)59(45-21-5-2-6-22-45)55-27-11-9-24-51(55)52-35-33-47(38-56(52)59)60(48-34-36-54-53-25-10-12-28-57(53)61-58(54)39-48)46-31-29-40(30-32-46)42-17-13-18-43(37-42)50-26-14-16-41-15-7-8-23-49(41)50/h1-39H. The summed E-state index contributed by atoms with van der Waals surface area (Å²) < 4.78 is 6.50. The van der Waals surface area contributed by atoms with E-state index < -0.39 is 5.41 Å². The number of benzene rings is 10. The van der Waals surface area contributed by atoms with Crippen LogP contribution in [0, 0.1) is 0 Å². The van der Waals surface area contributed by atoms with Crippen molar-refractivity contribution in [1.82, 2.24) is 0 Å². The van der Waals surface area contributed by atoms with Crippen molar-refractivity contribution in [3.8, 4) is 33.4 Å². The number of fused-ring (bicyclic) bond motifs is 7. The van der Waals surface area contributed by atoms with Gasteiger partial charge in [-0.1, -0.05) is 182 Å². The summed E-state index contributed by atoms with van der Waals surface area (Å²) in [6.07, 6.45) is 0. The van der Waals surface area contributed by atoms with Gasteiger partial charge in [0.05, 0.1) is 5.41 Å². The average molecular weight is 778 g/mol. The molecule has 1 aliphatic carbocycles. The highest BCUT2D eigenvalue weighted by Crippen LogP contribution is 2.57. The lowest BCUT2D eigenvalue weighted by Gasteiger charge is -2.35. The summed E-state index contributed by atoms with van der Waals surface area (Å²) in [7, 11) is 0. The Morgan fingerprint density at radius 1 is 0.311 bits per heavy atom. The summed E-state index contributed by atoms with van der Waals surface area (Å²) in [5.74, 6) is 0. The molecule has 61 heavy (non-hydrogen) atoms. The van der Waals surface area contributed by atoms with E-state index in [2.05, 4.69) is 229 Å². The molecule has 12 rings (SSSR count). The molecule has 286 valence electrons. The van der Waals surface area contributed by atoms with Crippen LogP contribution in [-0.2, 0) is 5.41 Å². The Hall–Kier alpha value is -7.94. The van der Waals surface area contributed by atoms with E-state index in [4.69, 9.17) is 4.42 Å². The summed E-state index contributed by atoms with van der Waals surface area (Å²) in [5, 5.41) is 4.74. The van der Waals surface area contributed by atoms with Crippen LogP contribution >= 0.6 is 0 Å². The van der Waals surface area contributed by atoms with Gasteiger partial charge < -0.3 is 9.32 Å². The maximum absolute atomic E-state index is 6.50. The number of nitrogens with zero attached hydrogens (tertiary/aromatic N) is 1. The molecule has 2 heteroatoms. The Balaban J connectivity index is 1.03. The molecule has 1 aromatic heterocycles. The van der Waals surface area contributed by atoms with Crippen LogP contribution in [0.25, 0.3) is 66.1 Å². The van der Waals surface area contributed by atoms with Crippen LogP contribution in [0.4, 0.5) is 17.1 Å². The largest absolute Gasteiger partial charge is 0.456 e. The Bertz CT molecular complexity index is 3370. The van der Waals surface area contributed by atoms with Crippen LogP contribution in [0.3, 0.4) is 0 Å². The molecule has 11 aromatic rings. The second-order valence-electron chi connectivity index (χ2n) is 16.0. The summed E-state index contributed by atoms with van der Waals surface area (Å²) in [5.41, 5.74) is 16.8. The van der Waals surface area contributed by atoms with Gasteiger partial charge in [0.2, 0.25) is 0 Å². The van der Waals surface area contributed by atoms with Crippen LogP contribution < -0.4 is 4.90 Å². The lowest BCUT2D eigenvalue weighted by molar-refractivity contribution is 0.669. The van der Waals surface area contributed by atoms with Gasteiger partial charge in [-0.05, 0) is 115 Å². The molecule has 0 spiro atoms. The maximum atomic E-state index is 6.50. The third kappa shape index (κ3) is 5.57. The minimum absolute atomic E-state index is 0.516. The second kappa shape index (κ2) is 14.1. The summed E-state index contributed by atoms with van der Waals surface area (Å²) in [6, 6.07) is 86.0. The molecule has 0 amide bonds. The zero-order valence-corrected chi connectivity index (χ0v) is 33.4. The number of rotatable bonds is 7. The van der Waals surface area contributed by atoms with Gasteiger partial charge in [0, 0.05) is 33.9 Å². The van der Waals surface area contributed by atoms with Crippen molar-refractivity contribution < 1.29 is 4.42 Å². The molecule has 2 nitrogen and oxygen atoms in total. The maximum Gasteiger partial charge on any atom is 0.137 e. The number of anilines is 3. The topological polar surface area (TPSA) is 16.4 Å². The Morgan fingerprint density at radius 2 is 0.885 bits per heavy atom. The second-order valence-corrected chi connectivity index (χ2v) is 16.0. The third-order valence-electron chi connectivity index (χ3n) is 12.7. The van der Waals surface area contributed by atoms with Crippen molar-refractivity contribution in [3.63, 3.8) is 0 Å². The molecule has 0 radical (unpaired) electrons. The average Bonchev–Trinajstić information content (AvgIpc) is 3.85. The fourth-order valence-electron chi connectivity index (χ4n) is 10.0. The molecular weight excluding hydrogens is 739 g/mol. The van der Waals surface area contributed by atoms with Gasteiger partial charge in [-0.3, -0.25) is 0 Å². The highest BCUT2D eigenvalue weighted by Gasteiger charge is 2.46. The Labute approximate surface area is 355 Å². The van der Waals surface area contributed by atoms with Crippen molar-refractivity contribution in [2.24, 2.45) is 0 Å². The normalized spacial score (nSPS) is 12.7. The van der Waals surface area contributed by atoms with Gasteiger partial charge in [0.25, 0.3) is 0 Å². The molecule has 0 bridgehead atoms. The lowest BCUT2D eigenvalue weighted by Crippen LogP contribution is -2.28. The molecular formula is C59H39NO. The van der Waals surface area contributed by atoms with Gasteiger partial charge in [0.15, 0.2) is 0 Å². The molecule has 0 saturated carbocycles. The predicted molar refractivity (Wildman–Crippen MR) is 254 cm³/mol. The zero-order valence-electron chi connectivity index (χ0n) is 33.4. The zero-order chi connectivity index (χ0) is 40.3. The van der Waals surface area contributed by atoms with Crippen molar-refractivity contribution in [2.75, 3.05) is 4.90 Å². The summed E-state index contributed by atoms with van der Waals surface area (Å²) in [6.45, 7) is 0. The van der Waals surface area contributed by atoms with Gasteiger partial charge in [-0.15, -0.1) is 0 Å². The van der Waals surface area contributed by atoms with Gasteiger partial charge in [-0.25, -0.2) is 0 Å². The smallest absolute Gasteiger partial charge is 0.137 e. The van der Waals surface area contributed by atoms with Gasteiger partial charge in [-0.2, -0.15) is 0 Å². The van der Waals surface area contributed by atoms with Crippen molar-refractivity contribution in [2.45, 2.75) is 5.41 Å². The molecule has 1 heterocycles. The minimum Gasteiger partial charge on any atom is -0.456 e.